The second-order valence-electron chi connectivity index (χ2n) is 1.62. The van der Waals surface area contributed by atoms with Gasteiger partial charge in [-0.05, 0) is 0 Å². The lowest BCUT2D eigenvalue weighted by Crippen LogP contribution is -1.86. The highest BCUT2D eigenvalue weighted by Crippen LogP contribution is 2.71. The lowest BCUT2D eigenvalue weighted by Gasteiger charge is -2.05. The van der Waals surface area contributed by atoms with E-state index >= 15 is 0 Å². The third-order valence-corrected chi connectivity index (χ3v) is 5.92. The molecule has 2 nitrogen and oxygen atoms in total. The van der Waals surface area contributed by atoms with Crippen molar-refractivity contribution in [2.75, 3.05) is 26.1 Å². The molecule has 1 atom stereocenters. The monoisotopic (exact) mass is 153 g/mol. The molecular weight excluding hydrogens is 143 g/mol. The van der Waals surface area contributed by atoms with Crippen molar-refractivity contribution >= 4 is 18.3 Å². The Morgan fingerprint density at radius 1 is 1.75 bits per heavy atom. The molecule has 0 bridgehead atoms. The van der Waals surface area contributed by atoms with Gasteiger partial charge in [0.2, 0.25) is 0 Å². The Bertz CT molecular complexity index is 82.1. The van der Waals surface area contributed by atoms with Gasteiger partial charge in [-0.1, -0.05) is 0 Å². The molecule has 0 saturated carbocycles. The maximum absolute atomic E-state index is 5.34. The zero-order valence-electron chi connectivity index (χ0n) is 5.09. The smallest absolute Gasteiger partial charge is 0.198 e. The van der Waals surface area contributed by atoms with Crippen LogP contribution in [-0.2, 0) is 9.05 Å². The van der Waals surface area contributed by atoms with Gasteiger partial charge in [0.15, 0.2) is 0 Å². The van der Waals surface area contributed by atoms with Gasteiger partial charge < -0.3 is 0 Å². The highest BCUT2D eigenvalue weighted by molar-refractivity contribution is 8.59. The summed E-state index contributed by atoms with van der Waals surface area (Å²) >= 11 is 1.81. The van der Waals surface area contributed by atoms with Crippen molar-refractivity contribution in [3.8, 4) is 0 Å². The summed E-state index contributed by atoms with van der Waals surface area (Å²) in [6, 6.07) is 0. The average Bonchev–Trinajstić information content (AvgIpc) is 2.17. The molecule has 48 valence electrons. The predicted octanol–water partition coefficient (Wildman–Crippen LogP) is 1.79. The van der Waals surface area contributed by atoms with Gasteiger partial charge in [0.05, 0.1) is 24.2 Å². The second-order valence-corrected chi connectivity index (χ2v) is 7.22. The largest absolute Gasteiger partial charge is 0.329 e. The van der Waals surface area contributed by atoms with E-state index in [1.54, 1.807) is 7.11 Å². The second kappa shape index (κ2) is 2.53. The third-order valence-electron chi connectivity index (χ3n) is 1.07. The lowest BCUT2D eigenvalue weighted by atomic mass is 10.9. The van der Waals surface area contributed by atoms with Gasteiger partial charge >= 0.3 is 6.92 Å². The quantitative estimate of drug-likeness (QED) is 0.535. The summed E-state index contributed by atoms with van der Waals surface area (Å²) in [6.45, 7) is 1.53. The summed E-state index contributed by atoms with van der Waals surface area (Å²) in [7, 11) is 1.71. The van der Waals surface area contributed by atoms with Crippen LogP contribution in [-0.4, -0.2) is 26.1 Å². The molecule has 0 amide bonds. The van der Waals surface area contributed by atoms with Crippen molar-refractivity contribution in [3.63, 3.8) is 0 Å². The Balaban J connectivity index is 2.40. The van der Waals surface area contributed by atoms with Crippen LogP contribution in [0.1, 0.15) is 0 Å². The molecule has 1 unspecified atom stereocenters. The molecule has 0 aromatic heterocycles. The van der Waals surface area contributed by atoms with Crippen LogP contribution in [0.15, 0.2) is 0 Å². The molecule has 0 aromatic carbocycles. The van der Waals surface area contributed by atoms with Crippen molar-refractivity contribution in [2.24, 2.45) is 0 Å². The van der Waals surface area contributed by atoms with E-state index < -0.39 is 6.92 Å². The van der Waals surface area contributed by atoms with E-state index in [0.29, 0.717) is 0 Å². The molecular formula is C4H10O2PS+. The summed E-state index contributed by atoms with van der Waals surface area (Å²) < 4.78 is 10.5. The fourth-order valence-electron chi connectivity index (χ4n) is 0.549. The Kier molecular flexibility index (Phi) is 2.15. The van der Waals surface area contributed by atoms with Crippen LogP contribution in [0.5, 0.6) is 0 Å². The average molecular weight is 153 g/mol. The minimum absolute atomic E-state index is 0.864. The van der Waals surface area contributed by atoms with Crippen molar-refractivity contribution < 1.29 is 9.05 Å². The van der Waals surface area contributed by atoms with Crippen LogP contribution < -0.4 is 0 Å². The van der Waals surface area contributed by atoms with Gasteiger partial charge in [-0.3, -0.25) is 0 Å². The van der Waals surface area contributed by atoms with Crippen LogP contribution in [0.3, 0.4) is 0 Å². The molecule has 1 aliphatic rings. The Labute approximate surface area is 54.2 Å². The molecule has 1 aliphatic heterocycles. The first kappa shape index (κ1) is 6.81. The summed E-state index contributed by atoms with van der Waals surface area (Å²) in [5.74, 6) is 1.10. The van der Waals surface area contributed by atoms with Crippen LogP contribution in [0.4, 0.5) is 0 Å². The Morgan fingerprint density at radius 3 is 2.75 bits per heavy atom. The number of hydrogen-bond donors (Lipinski definition) is 0. The molecule has 0 aromatic rings. The number of hydrogen-bond acceptors (Lipinski definition) is 3. The maximum atomic E-state index is 5.34. The van der Waals surface area contributed by atoms with Crippen molar-refractivity contribution in [1.29, 1.82) is 0 Å². The maximum Gasteiger partial charge on any atom is 0.329 e. The normalized spacial score (nSPS) is 38.2. The molecule has 0 spiro atoms. The predicted molar refractivity (Wildman–Crippen MR) is 38.3 cm³/mol. The topological polar surface area (TPSA) is 18.5 Å². The van der Waals surface area contributed by atoms with Gasteiger partial charge in [-0.25, -0.2) is 0 Å². The van der Waals surface area contributed by atoms with Crippen molar-refractivity contribution in [2.45, 2.75) is 0 Å². The SMILES string of the molecule is CO[P+]1(C)OCCS1. The van der Waals surface area contributed by atoms with E-state index in [2.05, 4.69) is 0 Å². The zero-order valence-corrected chi connectivity index (χ0v) is 6.80. The lowest BCUT2D eigenvalue weighted by molar-refractivity contribution is 0.308. The summed E-state index contributed by atoms with van der Waals surface area (Å²) in [6.07, 6.45) is 0. The molecule has 8 heavy (non-hydrogen) atoms. The summed E-state index contributed by atoms with van der Waals surface area (Å²) in [5.41, 5.74) is 0. The van der Waals surface area contributed by atoms with Gasteiger partial charge in [0.1, 0.15) is 13.3 Å². The fraction of sp³-hybridized carbons (Fsp3) is 1.00. The molecule has 0 aliphatic carbocycles. The molecule has 1 fully saturated rings. The van der Waals surface area contributed by atoms with Gasteiger partial charge in [-0.15, -0.1) is 0 Å². The third kappa shape index (κ3) is 1.35. The van der Waals surface area contributed by atoms with Gasteiger partial charge in [0, 0.05) is 0 Å². The standard InChI is InChI=1S/C4H10O2PS/c1-5-7(2)6-3-4-8-7/h3-4H2,1-2H3/q+1. The Hall–Kier alpha value is 0.700. The van der Waals surface area contributed by atoms with Crippen LogP contribution in [0, 0.1) is 0 Å². The first-order valence-corrected chi connectivity index (χ1v) is 6.14. The highest BCUT2D eigenvalue weighted by Gasteiger charge is 2.41. The molecule has 0 N–H and O–H groups in total. The summed E-state index contributed by atoms with van der Waals surface area (Å²) in [4.78, 5) is 0. The first-order valence-electron chi connectivity index (χ1n) is 2.48. The minimum Gasteiger partial charge on any atom is -0.198 e. The Morgan fingerprint density at radius 2 is 2.50 bits per heavy atom. The van der Waals surface area contributed by atoms with Gasteiger partial charge in [0.25, 0.3) is 0 Å². The van der Waals surface area contributed by atoms with Crippen molar-refractivity contribution in [1.82, 2.24) is 0 Å². The minimum atomic E-state index is -1.38. The van der Waals surface area contributed by atoms with Crippen LogP contribution in [0.25, 0.3) is 0 Å². The number of rotatable bonds is 1. The molecule has 1 saturated heterocycles. The zero-order chi connectivity index (χ0) is 6.04. The fourth-order valence-corrected chi connectivity index (χ4v) is 3.85. The van der Waals surface area contributed by atoms with E-state index in [1.165, 1.54) is 0 Å². The van der Waals surface area contributed by atoms with E-state index in [-0.39, 0.29) is 0 Å². The van der Waals surface area contributed by atoms with E-state index in [9.17, 15) is 0 Å². The molecule has 4 heteroatoms. The molecule has 0 radical (unpaired) electrons. The highest BCUT2D eigenvalue weighted by atomic mass is 32.7. The van der Waals surface area contributed by atoms with Crippen LogP contribution >= 0.6 is 18.3 Å². The van der Waals surface area contributed by atoms with Gasteiger partial charge in [-0.2, -0.15) is 9.05 Å². The molecule has 1 rings (SSSR count). The van der Waals surface area contributed by atoms with E-state index in [0.717, 1.165) is 12.4 Å². The first-order chi connectivity index (χ1) is 3.77. The summed E-state index contributed by atoms with van der Waals surface area (Å²) in [5, 5.41) is 0. The van der Waals surface area contributed by atoms with Crippen LogP contribution in [0.2, 0.25) is 0 Å². The molecule has 1 heterocycles. The van der Waals surface area contributed by atoms with E-state index in [4.69, 9.17) is 9.05 Å². The van der Waals surface area contributed by atoms with Crippen molar-refractivity contribution in [3.05, 3.63) is 0 Å². The van der Waals surface area contributed by atoms with E-state index in [1.807, 2.05) is 18.0 Å².